The van der Waals surface area contributed by atoms with Crippen molar-refractivity contribution >= 4 is 61.7 Å². The Morgan fingerprint density at radius 3 is 2.71 bits per heavy atom. The van der Waals surface area contributed by atoms with Gasteiger partial charge in [-0.1, -0.05) is 31.2 Å². The highest BCUT2D eigenvalue weighted by atomic mass is 32.2. The van der Waals surface area contributed by atoms with E-state index >= 15 is 0 Å². The maximum atomic E-state index is 13.4. The number of amides is 2. The second-order valence-electron chi connectivity index (χ2n) is 7.95. The molecule has 2 aromatic heterocycles. The van der Waals surface area contributed by atoms with Gasteiger partial charge in [-0.15, -0.1) is 34.4 Å². The summed E-state index contributed by atoms with van der Waals surface area (Å²) in [5, 5.41) is 4.86. The van der Waals surface area contributed by atoms with Gasteiger partial charge in [0.25, 0.3) is 5.91 Å². The Labute approximate surface area is 216 Å². The number of benzene rings is 2. The van der Waals surface area contributed by atoms with Crippen LogP contribution in [0.3, 0.4) is 0 Å². The van der Waals surface area contributed by atoms with Gasteiger partial charge >= 0.3 is 6.09 Å². The number of thiophene rings is 1. The van der Waals surface area contributed by atoms with Crippen molar-refractivity contribution in [3.63, 3.8) is 0 Å². The second-order valence-corrected chi connectivity index (χ2v) is 11.4. The molecule has 1 aliphatic heterocycles. The van der Waals surface area contributed by atoms with E-state index in [1.54, 1.807) is 28.0 Å². The quantitative estimate of drug-likeness (QED) is 0.278. The van der Waals surface area contributed by atoms with Crippen LogP contribution in [-0.2, 0) is 17.7 Å². The molecule has 1 N–H and O–H groups in total. The average Bonchev–Trinajstić information content (AvgIpc) is 3.44. The number of aromatic nitrogens is 1. The van der Waals surface area contributed by atoms with Crippen LogP contribution in [0.15, 0.2) is 53.4 Å². The Bertz CT molecular complexity index is 1360. The minimum absolute atomic E-state index is 0.134. The Morgan fingerprint density at radius 1 is 1.11 bits per heavy atom. The number of hydrogen-bond acceptors (Lipinski definition) is 7. The van der Waals surface area contributed by atoms with Crippen molar-refractivity contribution in [2.24, 2.45) is 0 Å². The first-order chi connectivity index (χ1) is 17.1. The Kier molecular flexibility index (Phi) is 7.08. The Balaban J connectivity index is 1.55. The molecule has 2 aromatic carbocycles. The highest BCUT2D eigenvalue weighted by Gasteiger charge is 2.30. The summed E-state index contributed by atoms with van der Waals surface area (Å²) < 4.78 is 6.33. The van der Waals surface area contributed by atoms with Crippen molar-refractivity contribution in [3.8, 4) is 10.6 Å². The molecule has 3 heterocycles. The number of rotatable bonds is 6. The first-order valence-electron chi connectivity index (χ1n) is 11.5. The summed E-state index contributed by atoms with van der Waals surface area (Å²) in [5.41, 5.74) is 3.73. The van der Waals surface area contributed by atoms with Crippen molar-refractivity contribution < 1.29 is 14.3 Å². The molecule has 0 saturated carbocycles. The molecule has 6 nitrogen and oxygen atoms in total. The number of hydrogen-bond donors (Lipinski definition) is 1. The van der Waals surface area contributed by atoms with E-state index in [1.165, 1.54) is 11.3 Å². The zero-order valence-corrected chi connectivity index (χ0v) is 21.9. The van der Waals surface area contributed by atoms with E-state index in [9.17, 15) is 9.59 Å². The number of carbonyl (C=O) groups excluding carboxylic acids is 2. The topological polar surface area (TPSA) is 71.5 Å². The Hall–Kier alpha value is -2.88. The van der Waals surface area contributed by atoms with E-state index in [4.69, 9.17) is 9.72 Å². The lowest BCUT2D eigenvalue weighted by Gasteiger charge is -2.26. The van der Waals surface area contributed by atoms with Gasteiger partial charge in [0.1, 0.15) is 10.0 Å². The number of nitrogens with zero attached hydrogens (tertiary/aromatic N) is 2. The number of fused-ring (bicyclic) bond motifs is 2. The summed E-state index contributed by atoms with van der Waals surface area (Å²) >= 11 is 4.81. The van der Waals surface area contributed by atoms with Gasteiger partial charge in [-0.3, -0.25) is 4.79 Å². The third kappa shape index (κ3) is 4.80. The molecule has 0 aliphatic carbocycles. The molecule has 4 aromatic rings. The minimum Gasteiger partial charge on any atom is -0.450 e. The second kappa shape index (κ2) is 10.4. The number of thiazole rings is 1. The van der Waals surface area contributed by atoms with Crippen molar-refractivity contribution in [2.75, 3.05) is 24.2 Å². The van der Waals surface area contributed by atoms with Gasteiger partial charge in [0.2, 0.25) is 0 Å². The van der Waals surface area contributed by atoms with Crippen LogP contribution < -0.4 is 5.32 Å². The molecular formula is C26H25N3O3S3. The van der Waals surface area contributed by atoms with Crippen LogP contribution >= 0.6 is 34.4 Å². The third-order valence-electron chi connectivity index (χ3n) is 5.75. The highest BCUT2D eigenvalue weighted by Crippen LogP contribution is 2.46. The van der Waals surface area contributed by atoms with E-state index in [-0.39, 0.29) is 12.0 Å². The zero-order chi connectivity index (χ0) is 24.4. The molecule has 2 amide bonds. The third-order valence-corrected chi connectivity index (χ3v) is 8.89. The molecule has 0 bridgehead atoms. The SMILES string of the molecule is CCOC(=O)N1CCc2c(sc(NC(=O)c3ccccc3SCC)c2-c2nc3ccccc3s2)C1. The van der Waals surface area contributed by atoms with Crippen LogP contribution in [0.25, 0.3) is 20.8 Å². The molecule has 0 atom stereocenters. The summed E-state index contributed by atoms with van der Waals surface area (Å²) in [7, 11) is 0. The lowest BCUT2D eigenvalue weighted by atomic mass is 10.0. The molecule has 9 heteroatoms. The van der Waals surface area contributed by atoms with Crippen molar-refractivity contribution in [1.29, 1.82) is 0 Å². The number of ether oxygens (including phenoxy) is 1. The van der Waals surface area contributed by atoms with Crippen molar-refractivity contribution in [1.82, 2.24) is 9.88 Å². The summed E-state index contributed by atoms with van der Waals surface area (Å²) in [4.78, 5) is 34.4. The van der Waals surface area contributed by atoms with E-state index in [2.05, 4.69) is 18.3 Å². The monoisotopic (exact) mass is 523 g/mol. The number of anilines is 1. The van der Waals surface area contributed by atoms with Crippen molar-refractivity contribution in [2.45, 2.75) is 31.7 Å². The maximum absolute atomic E-state index is 13.4. The molecule has 180 valence electrons. The molecule has 0 saturated heterocycles. The van der Waals surface area contributed by atoms with Gasteiger partial charge in [0.05, 0.1) is 28.9 Å². The number of nitrogens with one attached hydrogen (secondary N) is 1. The van der Waals surface area contributed by atoms with Crippen LogP contribution in [0.5, 0.6) is 0 Å². The van der Waals surface area contributed by atoms with E-state index in [1.807, 2.05) is 49.4 Å². The van der Waals surface area contributed by atoms with Gasteiger partial charge in [-0.05, 0) is 48.9 Å². The fourth-order valence-electron chi connectivity index (χ4n) is 4.17. The average molecular weight is 524 g/mol. The van der Waals surface area contributed by atoms with Gasteiger partial charge in [-0.2, -0.15) is 0 Å². The predicted molar refractivity (Wildman–Crippen MR) is 145 cm³/mol. The Morgan fingerprint density at radius 2 is 1.91 bits per heavy atom. The number of para-hydroxylation sites is 1. The van der Waals surface area contributed by atoms with Crippen LogP contribution in [0.1, 0.15) is 34.6 Å². The highest BCUT2D eigenvalue weighted by molar-refractivity contribution is 7.99. The molecule has 0 unspecified atom stereocenters. The summed E-state index contributed by atoms with van der Waals surface area (Å²) in [6.45, 7) is 5.28. The van der Waals surface area contributed by atoms with Gasteiger partial charge in [0, 0.05) is 21.9 Å². The smallest absolute Gasteiger partial charge is 0.410 e. The number of carbonyl (C=O) groups is 2. The first-order valence-corrected chi connectivity index (χ1v) is 14.2. The summed E-state index contributed by atoms with van der Waals surface area (Å²) in [5.74, 6) is 0.753. The molecular weight excluding hydrogens is 499 g/mol. The molecule has 0 fully saturated rings. The van der Waals surface area contributed by atoms with Crippen LogP contribution in [0.4, 0.5) is 9.80 Å². The van der Waals surface area contributed by atoms with E-state index in [0.717, 1.165) is 46.9 Å². The first kappa shape index (κ1) is 23.8. The molecule has 0 radical (unpaired) electrons. The zero-order valence-electron chi connectivity index (χ0n) is 19.5. The lowest BCUT2D eigenvalue weighted by Crippen LogP contribution is -2.35. The fraction of sp³-hybridized carbons (Fsp3) is 0.269. The molecule has 35 heavy (non-hydrogen) atoms. The van der Waals surface area contributed by atoms with Crippen LogP contribution in [0.2, 0.25) is 0 Å². The van der Waals surface area contributed by atoms with Gasteiger partial charge < -0.3 is 15.0 Å². The normalized spacial score (nSPS) is 13.0. The van der Waals surface area contributed by atoms with E-state index < -0.39 is 0 Å². The number of thioether (sulfide) groups is 1. The van der Waals surface area contributed by atoms with Gasteiger partial charge in [0.15, 0.2) is 0 Å². The van der Waals surface area contributed by atoms with Crippen molar-refractivity contribution in [3.05, 3.63) is 64.5 Å². The summed E-state index contributed by atoms with van der Waals surface area (Å²) in [6.07, 6.45) is 0.387. The largest absolute Gasteiger partial charge is 0.450 e. The molecule has 5 rings (SSSR count). The molecule has 1 aliphatic rings. The maximum Gasteiger partial charge on any atom is 0.410 e. The van der Waals surface area contributed by atoms with Crippen LogP contribution in [-0.4, -0.2) is 40.8 Å². The van der Waals surface area contributed by atoms with E-state index in [0.29, 0.717) is 31.7 Å². The van der Waals surface area contributed by atoms with Crippen LogP contribution in [0, 0.1) is 0 Å². The fourth-order valence-corrected chi connectivity index (χ4v) is 7.34. The summed E-state index contributed by atoms with van der Waals surface area (Å²) in [6, 6.07) is 15.7. The van der Waals surface area contributed by atoms with Gasteiger partial charge in [-0.25, -0.2) is 9.78 Å². The standard InChI is InChI=1S/C26H25N3O3S3/c1-3-32-26(31)29-14-13-16-21(15-29)35-25(22(16)24-27-18-10-6-8-12-20(18)34-24)28-23(30)17-9-5-7-11-19(17)33-4-2/h5-12H,3-4,13-15H2,1-2H3,(H,28,30). The lowest BCUT2D eigenvalue weighted by molar-refractivity contribution is 0.102. The molecule has 0 spiro atoms. The predicted octanol–water partition coefficient (Wildman–Crippen LogP) is 6.90. The minimum atomic E-state index is -0.302.